The Bertz CT molecular complexity index is 368. The van der Waals surface area contributed by atoms with Gasteiger partial charge in [-0.05, 0) is 18.4 Å². The topological polar surface area (TPSA) is 55.6 Å². The summed E-state index contributed by atoms with van der Waals surface area (Å²) in [5.41, 5.74) is 7.04. The third-order valence-corrected chi connectivity index (χ3v) is 2.97. The molecule has 0 aromatic heterocycles. The molecule has 1 amide bonds. The predicted octanol–water partition coefficient (Wildman–Crippen LogP) is 1.79. The third kappa shape index (κ3) is 5.41. The lowest BCUT2D eigenvalue weighted by atomic mass is 10.1. The second kappa shape index (κ2) is 8.67. The summed E-state index contributed by atoms with van der Waals surface area (Å²) in [5.74, 6) is 0.00255. The monoisotopic (exact) mass is 264 g/mol. The number of hydrogen-bond acceptors (Lipinski definition) is 3. The maximum atomic E-state index is 12.3. The van der Waals surface area contributed by atoms with E-state index < -0.39 is 6.04 Å². The predicted molar refractivity (Wildman–Crippen MR) is 76.6 cm³/mol. The molecule has 2 N–H and O–H groups in total. The fraction of sp³-hybridized carbons (Fsp3) is 0.533. The molecule has 0 spiro atoms. The van der Waals surface area contributed by atoms with Crippen molar-refractivity contribution < 1.29 is 9.53 Å². The van der Waals surface area contributed by atoms with Gasteiger partial charge in [0.05, 0.1) is 6.04 Å². The molecule has 0 aliphatic carbocycles. The highest BCUT2D eigenvalue weighted by atomic mass is 16.5. The van der Waals surface area contributed by atoms with E-state index in [1.54, 1.807) is 7.11 Å². The van der Waals surface area contributed by atoms with E-state index >= 15 is 0 Å². The van der Waals surface area contributed by atoms with Crippen LogP contribution in [-0.2, 0) is 16.1 Å². The van der Waals surface area contributed by atoms with Crippen molar-refractivity contribution in [1.29, 1.82) is 0 Å². The van der Waals surface area contributed by atoms with Crippen molar-refractivity contribution in [2.75, 3.05) is 20.3 Å². The fourth-order valence-electron chi connectivity index (χ4n) is 1.94. The summed E-state index contributed by atoms with van der Waals surface area (Å²) in [6.45, 7) is 3.92. The minimum Gasteiger partial charge on any atom is -0.385 e. The molecule has 1 aromatic carbocycles. The molecule has 4 heteroatoms. The average Bonchev–Trinajstić information content (AvgIpc) is 2.44. The molecule has 4 nitrogen and oxygen atoms in total. The molecule has 106 valence electrons. The smallest absolute Gasteiger partial charge is 0.239 e. The Morgan fingerprint density at radius 2 is 2.05 bits per heavy atom. The fourth-order valence-corrected chi connectivity index (χ4v) is 1.94. The van der Waals surface area contributed by atoms with Crippen molar-refractivity contribution >= 4 is 5.91 Å². The van der Waals surface area contributed by atoms with Crippen LogP contribution in [0.15, 0.2) is 30.3 Å². The van der Waals surface area contributed by atoms with Crippen LogP contribution < -0.4 is 5.73 Å². The third-order valence-electron chi connectivity index (χ3n) is 2.97. The lowest BCUT2D eigenvalue weighted by molar-refractivity contribution is -0.133. The van der Waals surface area contributed by atoms with Gasteiger partial charge in [-0.2, -0.15) is 0 Å². The maximum absolute atomic E-state index is 12.3. The minimum absolute atomic E-state index is 0.00255. The highest BCUT2D eigenvalue weighted by Gasteiger charge is 2.20. The Morgan fingerprint density at radius 3 is 2.63 bits per heavy atom. The zero-order chi connectivity index (χ0) is 14.1. The minimum atomic E-state index is -0.477. The average molecular weight is 264 g/mol. The number of nitrogens with two attached hydrogens (primary N) is 1. The normalized spacial score (nSPS) is 12.2. The molecular weight excluding hydrogens is 240 g/mol. The van der Waals surface area contributed by atoms with Crippen molar-refractivity contribution in [3.05, 3.63) is 35.9 Å². The first-order valence-electron chi connectivity index (χ1n) is 6.76. The molecule has 1 unspecified atom stereocenters. The maximum Gasteiger partial charge on any atom is 0.239 e. The van der Waals surface area contributed by atoms with Crippen LogP contribution in [0.3, 0.4) is 0 Å². The van der Waals surface area contributed by atoms with E-state index in [0.29, 0.717) is 19.6 Å². The summed E-state index contributed by atoms with van der Waals surface area (Å²) >= 11 is 0. The molecule has 0 fully saturated rings. The number of ether oxygens (including phenoxy) is 1. The number of rotatable bonds is 8. The molecule has 0 radical (unpaired) electrons. The van der Waals surface area contributed by atoms with Crippen molar-refractivity contribution in [3.63, 3.8) is 0 Å². The van der Waals surface area contributed by atoms with Gasteiger partial charge in [0, 0.05) is 26.8 Å². The van der Waals surface area contributed by atoms with Gasteiger partial charge in [-0.3, -0.25) is 4.79 Å². The van der Waals surface area contributed by atoms with Crippen molar-refractivity contribution in [3.8, 4) is 0 Å². The quantitative estimate of drug-likeness (QED) is 0.779. The summed E-state index contributed by atoms with van der Waals surface area (Å²) < 4.78 is 4.97. The molecule has 0 aliphatic heterocycles. The Kier molecular flexibility index (Phi) is 7.15. The van der Waals surface area contributed by atoms with Crippen molar-refractivity contribution in [2.45, 2.75) is 32.4 Å². The summed E-state index contributed by atoms with van der Waals surface area (Å²) in [5, 5.41) is 0. The summed E-state index contributed by atoms with van der Waals surface area (Å²) in [7, 11) is 1.62. The van der Waals surface area contributed by atoms with Gasteiger partial charge in [0.15, 0.2) is 0 Å². The lowest BCUT2D eigenvalue weighted by Crippen LogP contribution is -2.44. The van der Waals surface area contributed by atoms with Gasteiger partial charge in [0.2, 0.25) is 5.91 Å². The molecule has 1 rings (SSSR count). The summed E-state index contributed by atoms with van der Waals surface area (Å²) in [4.78, 5) is 14.1. The van der Waals surface area contributed by atoms with Gasteiger partial charge in [-0.15, -0.1) is 0 Å². The number of hydrogen-bond donors (Lipinski definition) is 1. The van der Waals surface area contributed by atoms with E-state index in [9.17, 15) is 4.79 Å². The second-order valence-electron chi connectivity index (χ2n) is 4.63. The molecule has 1 aromatic rings. The Balaban J connectivity index is 2.63. The van der Waals surface area contributed by atoms with E-state index in [0.717, 1.165) is 18.5 Å². The van der Waals surface area contributed by atoms with E-state index in [-0.39, 0.29) is 5.91 Å². The van der Waals surface area contributed by atoms with Gasteiger partial charge >= 0.3 is 0 Å². The van der Waals surface area contributed by atoms with Gasteiger partial charge in [0.25, 0.3) is 0 Å². The van der Waals surface area contributed by atoms with Crippen LogP contribution >= 0.6 is 0 Å². The van der Waals surface area contributed by atoms with Crippen LogP contribution in [0.2, 0.25) is 0 Å². The first-order valence-corrected chi connectivity index (χ1v) is 6.76. The number of benzene rings is 1. The number of amides is 1. The van der Waals surface area contributed by atoms with Gasteiger partial charge < -0.3 is 15.4 Å². The molecule has 0 saturated carbocycles. The van der Waals surface area contributed by atoms with Crippen LogP contribution in [-0.4, -0.2) is 37.1 Å². The second-order valence-corrected chi connectivity index (χ2v) is 4.63. The number of carbonyl (C=O) groups excluding carboxylic acids is 1. The first kappa shape index (κ1) is 15.7. The lowest BCUT2D eigenvalue weighted by Gasteiger charge is -2.25. The molecule has 0 heterocycles. The van der Waals surface area contributed by atoms with Crippen molar-refractivity contribution in [1.82, 2.24) is 4.90 Å². The van der Waals surface area contributed by atoms with Crippen molar-refractivity contribution in [2.24, 2.45) is 5.73 Å². The molecule has 1 atom stereocenters. The SMILES string of the molecule is CCCN(Cc1ccccc1)C(=O)C(N)CCOC. The van der Waals surface area contributed by atoms with E-state index in [1.807, 2.05) is 35.2 Å². The highest BCUT2D eigenvalue weighted by Crippen LogP contribution is 2.07. The Labute approximate surface area is 115 Å². The zero-order valence-corrected chi connectivity index (χ0v) is 11.8. The molecule has 0 aliphatic rings. The number of methoxy groups -OCH3 is 1. The number of nitrogens with zero attached hydrogens (tertiary/aromatic N) is 1. The standard InChI is InChI=1S/C15H24N2O2/c1-3-10-17(12-13-7-5-4-6-8-13)15(18)14(16)9-11-19-2/h4-8,14H,3,9-12,16H2,1-2H3. The Hall–Kier alpha value is -1.39. The Morgan fingerprint density at radius 1 is 1.37 bits per heavy atom. The molecular formula is C15H24N2O2. The van der Waals surface area contributed by atoms with Crippen LogP contribution in [0, 0.1) is 0 Å². The molecule has 0 bridgehead atoms. The largest absolute Gasteiger partial charge is 0.385 e. The van der Waals surface area contributed by atoms with E-state index in [1.165, 1.54) is 0 Å². The van der Waals surface area contributed by atoms with E-state index in [2.05, 4.69) is 6.92 Å². The van der Waals surface area contributed by atoms with Crippen LogP contribution in [0.25, 0.3) is 0 Å². The van der Waals surface area contributed by atoms with Crippen LogP contribution in [0.5, 0.6) is 0 Å². The number of carbonyl (C=O) groups is 1. The molecule has 0 saturated heterocycles. The van der Waals surface area contributed by atoms with E-state index in [4.69, 9.17) is 10.5 Å². The van der Waals surface area contributed by atoms with Crippen LogP contribution in [0.1, 0.15) is 25.3 Å². The van der Waals surface area contributed by atoms with Gasteiger partial charge in [0.1, 0.15) is 0 Å². The summed E-state index contributed by atoms with van der Waals surface area (Å²) in [6.07, 6.45) is 1.49. The van der Waals surface area contributed by atoms with Gasteiger partial charge in [-0.25, -0.2) is 0 Å². The zero-order valence-electron chi connectivity index (χ0n) is 11.8. The highest BCUT2D eigenvalue weighted by molar-refractivity contribution is 5.81. The summed E-state index contributed by atoms with van der Waals surface area (Å²) in [6, 6.07) is 9.51. The molecule has 19 heavy (non-hydrogen) atoms. The van der Waals surface area contributed by atoms with Crippen LogP contribution in [0.4, 0.5) is 0 Å². The first-order chi connectivity index (χ1) is 9.19. The van der Waals surface area contributed by atoms with Gasteiger partial charge in [-0.1, -0.05) is 37.3 Å².